The van der Waals surface area contributed by atoms with Gasteiger partial charge in [-0.15, -0.1) is 0 Å². The lowest BCUT2D eigenvalue weighted by Crippen LogP contribution is -2.37. The average Bonchev–Trinajstić information content (AvgIpc) is 3.00. The van der Waals surface area contributed by atoms with Crippen LogP contribution in [0.4, 0.5) is 26.3 Å². The molecule has 3 aliphatic rings. The Bertz CT molecular complexity index is 1040. The van der Waals surface area contributed by atoms with E-state index in [1.54, 1.807) is 0 Å². The van der Waals surface area contributed by atoms with E-state index in [2.05, 4.69) is 23.8 Å². The lowest BCUT2D eigenvalue weighted by Gasteiger charge is -2.38. The Morgan fingerprint density at radius 3 is 2.18 bits per heavy atom. The molecule has 0 spiro atoms. The van der Waals surface area contributed by atoms with Crippen molar-refractivity contribution in [2.75, 3.05) is 6.61 Å². The molecule has 0 radical (unpaired) electrons. The molecule has 2 atom stereocenters. The Balaban J connectivity index is 1.12. The fourth-order valence-electron chi connectivity index (χ4n) is 7.28. The molecule has 0 N–H and O–H groups in total. The lowest BCUT2D eigenvalue weighted by molar-refractivity contribution is -0.223. The van der Waals surface area contributed by atoms with E-state index in [1.807, 2.05) is 0 Å². The predicted molar refractivity (Wildman–Crippen MR) is 159 cm³/mol. The van der Waals surface area contributed by atoms with Gasteiger partial charge in [-0.2, -0.15) is 17.6 Å². The Morgan fingerprint density at radius 2 is 1.57 bits per heavy atom. The summed E-state index contributed by atoms with van der Waals surface area (Å²) in [5, 5.41) is 0. The molecule has 2 aliphatic carbocycles. The Hall–Kier alpha value is -2.16. The number of allylic oxidation sites excluding steroid dienone is 2. The zero-order valence-corrected chi connectivity index (χ0v) is 25.9. The Labute approximate surface area is 258 Å². The average molecular weight is 631 g/mol. The second kappa shape index (κ2) is 17.0. The van der Waals surface area contributed by atoms with Crippen LogP contribution in [0.5, 0.6) is 11.5 Å². The van der Waals surface area contributed by atoms with Crippen LogP contribution < -0.4 is 9.47 Å². The molecule has 4 rings (SSSR count). The summed E-state index contributed by atoms with van der Waals surface area (Å²) in [6.45, 7) is 3.20. The van der Waals surface area contributed by atoms with Gasteiger partial charge in [0.2, 0.25) is 0 Å². The third-order valence-corrected chi connectivity index (χ3v) is 9.93. The third-order valence-electron chi connectivity index (χ3n) is 9.93. The number of hydrogen-bond donors (Lipinski definition) is 0. The molecule has 1 aliphatic heterocycles. The number of rotatable bonds is 14. The van der Waals surface area contributed by atoms with Gasteiger partial charge in [-0.05, 0) is 94.3 Å². The highest BCUT2D eigenvalue weighted by molar-refractivity contribution is 5.35. The molecular formula is C35H48F6O3. The number of halogens is 6. The van der Waals surface area contributed by atoms with E-state index in [0.717, 1.165) is 31.3 Å². The molecule has 1 aromatic rings. The maximum absolute atomic E-state index is 14.8. The first-order valence-electron chi connectivity index (χ1n) is 16.7. The van der Waals surface area contributed by atoms with Gasteiger partial charge in [-0.3, -0.25) is 0 Å². The minimum Gasteiger partial charge on any atom is -0.453 e. The summed E-state index contributed by atoms with van der Waals surface area (Å²) in [7, 11) is 0. The van der Waals surface area contributed by atoms with Crippen molar-refractivity contribution in [3.05, 3.63) is 48.3 Å². The van der Waals surface area contributed by atoms with Gasteiger partial charge in [-0.1, -0.05) is 51.2 Å². The summed E-state index contributed by atoms with van der Waals surface area (Å²) in [5.41, 5.74) is 0. The van der Waals surface area contributed by atoms with Gasteiger partial charge >= 0.3 is 12.2 Å². The molecule has 2 unspecified atom stereocenters. The van der Waals surface area contributed by atoms with E-state index >= 15 is 0 Å². The molecule has 2 saturated carbocycles. The molecule has 3 nitrogen and oxygen atoms in total. The maximum Gasteiger partial charge on any atom is 0.400 e. The second-order valence-electron chi connectivity index (χ2n) is 13.1. The highest BCUT2D eigenvalue weighted by atomic mass is 19.3. The summed E-state index contributed by atoms with van der Waals surface area (Å²) in [6, 6.07) is 1.01. The van der Waals surface area contributed by atoms with E-state index < -0.39 is 41.2 Å². The highest BCUT2D eigenvalue weighted by Gasteiger charge is 2.44. The molecule has 0 aromatic heterocycles. The maximum atomic E-state index is 14.8. The van der Waals surface area contributed by atoms with Crippen molar-refractivity contribution in [2.45, 2.75) is 122 Å². The van der Waals surface area contributed by atoms with E-state index in [-0.39, 0.29) is 25.0 Å². The van der Waals surface area contributed by atoms with Crippen LogP contribution >= 0.6 is 0 Å². The summed E-state index contributed by atoms with van der Waals surface area (Å²) >= 11 is 0. The topological polar surface area (TPSA) is 27.7 Å². The first-order valence-corrected chi connectivity index (χ1v) is 16.7. The quantitative estimate of drug-likeness (QED) is 0.0886. The van der Waals surface area contributed by atoms with E-state index in [4.69, 9.17) is 9.47 Å². The van der Waals surface area contributed by atoms with Crippen LogP contribution in [0.25, 0.3) is 0 Å². The molecule has 9 heteroatoms. The molecule has 248 valence electrons. The fourth-order valence-corrected chi connectivity index (χ4v) is 7.28. The number of alkyl halides is 2. The zero-order valence-electron chi connectivity index (χ0n) is 25.9. The van der Waals surface area contributed by atoms with Crippen molar-refractivity contribution in [3.63, 3.8) is 0 Å². The molecule has 1 heterocycles. The number of hydrogen-bond acceptors (Lipinski definition) is 3. The molecular weight excluding hydrogens is 582 g/mol. The summed E-state index contributed by atoms with van der Waals surface area (Å²) in [5.74, 6) is -3.34. The molecule has 3 fully saturated rings. The van der Waals surface area contributed by atoms with Crippen LogP contribution in [-0.2, 0) is 4.74 Å². The van der Waals surface area contributed by atoms with Crippen molar-refractivity contribution >= 4 is 0 Å². The minimum absolute atomic E-state index is 0.134. The molecule has 1 saturated heterocycles. The van der Waals surface area contributed by atoms with Gasteiger partial charge in [-0.25, -0.2) is 8.78 Å². The van der Waals surface area contributed by atoms with Crippen molar-refractivity contribution in [3.8, 4) is 11.5 Å². The third kappa shape index (κ3) is 10.4. The number of ether oxygens (including phenoxy) is 3. The van der Waals surface area contributed by atoms with Crippen molar-refractivity contribution < 1.29 is 40.6 Å². The van der Waals surface area contributed by atoms with Crippen molar-refractivity contribution in [1.29, 1.82) is 0 Å². The van der Waals surface area contributed by atoms with Crippen molar-refractivity contribution in [2.24, 2.45) is 29.6 Å². The fraction of sp³-hybridized carbons (Fsp3) is 0.714. The van der Waals surface area contributed by atoms with Gasteiger partial charge in [0.05, 0.1) is 12.0 Å². The zero-order chi connectivity index (χ0) is 31.5. The standard InChI is InChI=1S/C35H48F6O3/c1-2-3-4-9-26-14-19-32(42-22-26)27-15-10-24(11-16-27)7-5-6-8-25-12-17-28(18-13-25)35(40,41)44-29-20-30(36)34(31(37)21-29)43-23-33(38)39/h6,8,20-21,23-28,32H,2-5,7,9-19,22H2,1H3/b8-6+. The lowest BCUT2D eigenvalue weighted by atomic mass is 9.75. The van der Waals surface area contributed by atoms with Gasteiger partial charge < -0.3 is 14.2 Å². The molecule has 44 heavy (non-hydrogen) atoms. The van der Waals surface area contributed by atoms with E-state index in [9.17, 15) is 26.3 Å². The van der Waals surface area contributed by atoms with Crippen LogP contribution in [0, 0.1) is 41.2 Å². The summed E-state index contributed by atoms with van der Waals surface area (Å²) in [6.07, 6.45) is 15.3. The SMILES string of the molecule is CCCCCC1CCC(C2CCC(CC/C=C/C3CCC(C(F)(F)Oc4cc(F)c(OC=C(F)F)c(F)c4)CC3)CC2)OC1. The largest absolute Gasteiger partial charge is 0.453 e. The van der Waals surface area contributed by atoms with E-state index in [0.29, 0.717) is 37.0 Å². The van der Waals surface area contributed by atoms with Crippen LogP contribution in [-0.4, -0.2) is 18.8 Å². The van der Waals surface area contributed by atoms with Gasteiger partial charge in [0.25, 0.3) is 0 Å². The second-order valence-corrected chi connectivity index (χ2v) is 13.1. The Morgan fingerprint density at radius 1 is 0.886 bits per heavy atom. The highest BCUT2D eigenvalue weighted by Crippen LogP contribution is 2.42. The minimum atomic E-state index is -3.63. The van der Waals surface area contributed by atoms with E-state index in [1.165, 1.54) is 64.2 Å². The number of benzene rings is 1. The van der Waals surface area contributed by atoms with Crippen LogP contribution in [0.3, 0.4) is 0 Å². The smallest absolute Gasteiger partial charge is 0.400 e. The molecule has 0 bridgehead atoms. The first kappa shape index (κ1) is 34.7. The molecule has 1 aromatic carbocycles. The van der Waals surface area contributed by atoms with Gasteiger partial charge in [0.1, 0.15) is 5.75 Å². The monoisotopic (exact) mass is 630 g/mol. The Kier molecular flexibility index (Phi) is 13.4. The van der Waals surface area contributed by atoms with Crippen LogP contribution in [0.1, 0.15) is 110 Å². The van der Waals surface area contributed by atoms with Crippen molar-refractivity contribution in [1.82, 2.24) is 0 Å². The van der Waals surface area contributed by atoms with Gasteiger partial charge in [0, 0.05) is 18.7 Å². The summed E-state index contributed by atoms with van der Waals surface area (Å²) in [4.78, 5) is 0. The van der Waals surface area contributed by atoms with Crippen LogP contribution in [0.15, 0.2) is 36.6 Å². The molecule has 0 amide bonds. The van der Waals surface area contributed by atoms with Gasteiger partial charge in [0.15, 0.2) is 23.6 Å². The normalized spacial score (nSPS) is 28.2. The summed E-state index contributed by atoms with van der Waals surface area (Å²) < 4.78 is 97.4. The number of unbranched alkanes of at least 4 members (excludes halogenated alkanes) is 2. The first-order chi connectivity index (χ1) is 21.1. The predicted octanol–water partition coefficient (Wildman–Crippen LogP) is 11.4. The van der Waals surface area contributed by atoms with Crippen LogP contribution in [0.2, 0.25) is 0 Å².